The summed E-state index contributed by atoms with van der Waals surface area (Å²) < 4.78 is 56.1. The van der Waals surface area contributed by atoms with Gasteiger partial charge in [0.2, 0.25) is 11.8 Å². The van der Waals surface area contributed by atoms with E-state index >= 15 is 0 Å². The number of pyridine rings is 1. The molecule has 0 spiro atoms. The summed E-state index contributed by atoms with van der Waals surface area (Å²) in [5.41, 5.74) is -2.42. The van der Waals surface area contributed by atoms with E-state index in [2.05, 4.69) is 19.7 Å². The van der Waals surface area contributed by atoms with E-state index in [0.717, 1.165) is 25.4 Å². The maximum absolute atomic E-state index is 13.6. The molecule has 2 rings (SSSR count). The summed E-state index contributed by atoms with van der Waals surface area (Å²) in [7, 11) is 0.877. The standard InChI is InChI=1S/C11H6F4N4O3/c1-22-10-7(11(13,14)15)8(12)17-9(18-10)6-4-5(19(20)21)2-3-16-6/h2-4H,1H3. The summed E-state index contributed by atoms with van der Waals surface area (Å²) in [6, 6.07) is 1.96. The number of aromatic nitrogens is 3. The summed E-state index contributed by atoms with van der Waals surface area (Å²) in [4.78, 5) is 20.0. The van der Waals surface area contributed by atoms with Crippen LogP contribution in [0.3, 0.4) is 0 Å². The summed E-state index contributed by atoms with van der Waals surface area (Å²) >= 11 is 0. The highest BCUT2D eigenvalue weighted by Gasteiger charge is 2.40. The van der Waals surface area contributed by atoms with Gasteiger partial charge in [0.15, 0.2) is 11.4 Å². The van der Waals surface area contributed by atoms with Gasteiger partial charge in [-0.1, -0.05) is 0 Å². The minimum Gasteiger partial charge on any atom is -0.480 e. The Hall–Kier alpha value is -2.85. The highest BCUT2D eigenvalue weighted by atomic mass is 19.4. The Kier molecular flexibility index (Phi) is 3.89. The SMILES string of the molecule is COc1nc(-c2cc([N+](=O)[O-])ccn2)nc(F)c1C(F)(F)F. The fourth-order valence-corrected chi connectivity index (χ4v) is 1.57. The molecule has 2 aromatic rings. The Morgan fingerprint density at radius 3 is 2.55 bits per heavy atom. The van der Waals surface area contributed by atoms with Gasteiger partial charge in [-0.15, -0.1) is 0 Å². The van der Waals surface area contributed by atoms with Gasteiger partial charge in [-0.05, 0) is 0 Å². The van der Waals surface area contributed by atoms with Crippen molar-refractivity contribution in [2.45, 2.75) is 6.18 Å². The molecule has 0 aliphatic rings. The molecule has 0 bridgehead atoms. The summed E-state index contributed by atoms with van der Waals surface area (Å²) in [5.74, 6) is -3.46. The molecule has 0 radical (unpaired) electrons. The molecule has 0 fully saturated rings. The molecule has 0 N–H and O–H groups in total. The first-order valence-electron chi connectivity index (χ1n) is 5.53. The van der Waals surface area contributed by atoms with E-state index in [4.69, 9.17) is 0 Å². The second-order valence-corrected chi connectivity index (χ2v) is 3.88. The van der Waals surface area contributed by atoms with Crippen LogP contribution in [0.25, 0.3) is 11.5 Å². The maximum Gasteiger partial charge on any atom is 0.426 e. The van der Waals surface area contributed by atoms with E-state index in [9.17, 15) is 27.7 Å². The van der Waals surface area contributed by atoms with Gasteiger partial charge in [-0.25, -0.2) is 0 Å². The van der Waals surface area contributed by atoms with Crippen molar-refractivity contribution in [1.82, 2.24) is 15.0 Å². The Morgan fingerprint density at radius 1 is 1.32 bits per heavy atom. The number of halogens is 4. The average Bonchev–Trinajstić information content (AvgIpc) is 2.45. The van der Waals surface area contributed by atoms with Crippen molar-refractivity contribution in [3.63, 3.8) is 0 Å². The number of rotatable bonds is 3. The molecule has 0 aromatic carbocycles. The topological polar surface area (TPSA) is 91.0 Å². The third kappa shape index (κ3) is 2.92. The lowest BCUT2D eigenvalue weighted by Crippen LogP contribution is -2.14. The van der Waals surface area contributed by atoms with Gasteiger partial charge in [0.05, 0.1) is 12.0 Å². The average molecular weight is 318 g/mol. The zero-order chi connectivity index (χ0) is 16.5. The number of hydrogen-bond acceptors (Lipinski definition) is 6. The monoisotopic (exact) mass is 318 g/mol. The number of methoxy groups -OCH3 is 1. The molecule has 0 amide bonds. The Morgan fingerprint density at radius 2 is 2.00 bits per heavy atom. The van der Waals surface area contributed by atoms with Crippen LogP contribution in [0.1, 0.15) is 5.56 Å². The van der Waals surface area contributed by atoms with Crippen molar-refractivity contribution in [3.8, 4) is 17.4 Å². The predicted octanol–water partition coefficient (Wildman–Crippen LogP) is 2.61. The van der Waals surface area contributed by atoms with E-state index < -0.39 is 40.0 Å². The summed E-state index contributed by atoms with van der Waals surface area (Å²) in [6.07, 6.45) is -4.02. The summed E-state index contributed by atoms with van der Waals surface area (Å²) in [6.45, 7) is 0. The van der Waals surface area contributed by atoms with Crippen LogP contribution in [0.4, 0.5) is 23.2 Å². The van der Waals surface area contributed by atoms with E-state index in [1.54, 1.807) is 0 Å². The molecule has 0 aliphatic carbocycles. The molecule has 0 saturated heterocycles. The van der Waals surface area contributed by atoms with E-state index in [0.29, 0.717) is 0 Å². The number of nitrogens with zero attached hydrogens (tertiary/aromatic N) is 4. The van der Waals surface area contributed by atoms with Crippen molar-refractivity contribution < 1.29 is 27.2 Å². The first kappa shape index (κ1) is 15.5. The van der Waals surface area contributed by atoms with Gasteiger partial charge in [0.1, 0.15) is 5.69 Å². The van der Waals surface area contributed by atoms with Crippen molar-refractivity contribution in [2.75, 3.05) is 7.11 Å². The lowest BCUT2D eigenvalue weighted by atomic mass is 10.2. The fourth-order valence-electron chi connectivity index (χ4n) is 1.57. The molecule has 7 nitrogen and oxygen atoms in total. The molecule has 0 unspecified atom stereocenters. The van der Waals surface area contributed by atoms with E-state index in [-0.39, 0.29) is 5.69 Å². The van der Waals surface area contributed by atoms with Gasteiger partial charge in [0, 0.05) is 18.3 Å². The van der Waals surface area contributed by atoms with Crippen LogP contribution < -0.4 is 4.74 Å². The van der Waals surface area contributed by atoms with Gasteiger partial charge in [0.25, 0.3) is 5.69 Å². The van der Waals surface area contributed by atoms with Gasteiger partial charge in [-0.3, -0.25) is 15.1 Å². The molecule has 11 heteroatoms. The van der Waals surface area contributed by atoms with E-state index in [1.807, 2.05) is 0 Å². The molecule has 2 heterocycles. The number of hydrogen-bond donors (Lipinski definition) is 0. The minimum absolute atomic E-state index is 0.264. The second kappa shape index (κ2) is 5.50. The molecule has 2 aromatic heterocycles. The van der Waals surface area contributed by atoms with Crippen molar-refractivity contribution in [1.29, 1.82) is 0 Å². The number of alkyl halides is 3. The van der Waals surface area contributed by atoms with Crippen LogP contribution in [-0.4, -0.2) is 27.0 Å². The lowest BCUT2D eigenvalue weighted by Gasteiger charge is -2.12. The van der Waals surface area contributed by atoms with Crippen molar-refractivity contribution in [2.24, 2.45) is 0 Å². The largest absolute Gasteiger partial charge is 0.480 e. The van der Waals surface area contributed by atoms with E-state index in [1.165, 1.54) is 0 Å². The van der Waals surface area contributed by atoms with Gasteiger partial charge in [-0.2, -0.15) is 27.5 Å². The summed E-state index contributed by atoms with van der Waals surface area (Å²) in [5, 5.41) is 10.6. The van der Waals surface area contributed by atoms with Crippen LogP contribution in [0.2, 0.25) is 0 Å². The molecular weight excluding hydrogens is 312 g/mol. The zero-order valence-electron chi connectivity index (χ0n) is 10.8. The Labute approximate surface area is 119 Å². The Balaban J connectivity index is 2.61. The molecular formula is C11H6F4N4O3. The number of nitro groups is 1. The molecule has 116 valence electrons. The van der Waals surface area contributed by atoms with Gasteiger partial charge >= 0.3 is 6.18 Å². The molecule has 0 aliphatic heterocycles. The third-order valence-electron chi connectivity index (χ3n) is 2.49. The van der Waals surface area contributed by atoms with Crippen LogP contribution in [0.15, 0.2) is 18.3 Å². The lowest BCUT2D eigenvalue weighted by molar-refractivity contribution is -0.384. The quantitative estimate of drug-likeness (QED) is 0.374. The fraction of sp³-hybridized carbons (Fsp3) is 0.182. The second-order valence-electron chi connectivity index (χ2n) is 3.88. The maximum atomic E-state index is 13.6. The normalized spacial score (nSPS) is 11.3. The third-order valence-corrected chi connectivity index (χ3v) is 2.49. The number of ether oxygens (including phenoxy) is 1. The van der Waals surface area contributed by atoms with Crippen LogP contribution in [0, 0.1) is 16.1 Å². The molecule has 22 heavy (non-hydrogen) atoms. The first-order chi connectivity index (χ1) is 10.2. The highest BCUT2D eigenvalue weighted by Crippen LogP contribution is 2.37. The minimum atomic E-state index is -5.05. The first-order valence-corrected chi connectivity index (χ1v) is 5.53. The predicted molar refractivity (Wildman–Crippen MR) is 63.4 cm³/mol. The zero-order valence-corrected chi connectivity index (χ0v) is 10.8. The highest BCUT2D eigenvalue weighted by molar-refractivity contribution is 5.54. The van der Waals surface area contributed by atoms with Gasteiger partial charge < -0.3 is 4.74 Å². The molecule has 0 atom stereocenters. The van der Waals surface area contributed by atoms with Crippen molar-refractivity contribution in [3.05, 3.63) is 40.0 Å². The smallest absolute Gasteiger partial charge is 0.426 e. The van der Waals surface area contributed by atoms with Crippen LogP contribution in [-0.2, 0) is 6.18 Å². The Bertz CT molecular complexity index is 736. The van der Waals surface area contributed by atoms with Crippen LogP contribution >= 0.6 is 0 Å². The molecule has 0 saturated carbocycles. The van der Waals surface area contributed by atoms with Crippen LogP contribution in [0.5, 0.6) is 5.88 Å². The van der Waals surface area contributed by atoms with Crippen molar-refractivity contribution >= 4 is 5.69 Å².